The Morgan fingerprint density at radius 3 is 1.72 bits per heavy atom. The number of carboxylic acids is 3. The molecule has 0 fully saturated rings. The van der Waals surface area contributed by atoms with Crippen molar-refractivity contribution in [2.75, 3.05) is 13.1 Å². The average Bonchev–Trinajstić information content (AvgIpc) is 2.14. The molecular weight excluding hydrogens is 246 g/mol. The van der Waals surface area contributed by atoms with Crippen LogP contribution in [0.25, 0.3) is 0 Å². The monoisotopic (exact) mass is 261 g/mol. The van der Waals surface area contributed by atoms with E-state index in [1.165, 1.54) is 6.92 Å². The van der Waals surface area contributed by atoms with Crippen LogP contribution in [-0.2, 0) is 19.2 Å². The Morgan fingerprint density at radius 1 is 1.00 bits per heavy atom. The van der Waals surface area contributed by atoms with Gasteiger partial charge in [0.15, 0.2) is 0 Å². The molecule has 0 aromatic heterocycles. The highest BCUT2D eigenvalue weighted by Gasteiger charge is 2.28. The van der Waals surface area contributed by atoms with Crippen LogP contribution in [0, 0.1) is 0 Å². The zero-order chi connectivity index (χ0) is 14.3. The predicted molar refractivity (Wildman–Crippen MR) is 58.2 cm³/mol. The lowest BCUT2D eigenvalue weighted by atomic mass is 10.1. The van der Waals surface area contributed by atoms with Crippen LogP contribution in [0.3, 0.4) is 0 Å². The molecule has 0 bridgehead atoms. The van der Waals surface area contributed by atoms with Crippen molar-refractivity contribution in [3.05, 3.63) is 0 Å². The van der Waals surface area contributed by atoms with Gasteiger partial charge < -0.3 is 20.1 Å². The van der Waals surface area contributed by atoms with Gasteiger partial charge in [0, 0.05) is 6.42 Å². The molecule has 0 unspecified atom stereocenters. The van der Waals surface area contributed by atoms with Crippen LogP contribution in [0.15, 0.2) is 0 Å². The number of carboxylic acid groups (broad SMARTS) is 3. The fraction of sp³-hybridized carbons (Fsp3) is 0.600. The minimum atomic E-state index is -1.35. The molecule has 0 radical (unpaired) electrons. The number of ketones is 1. The molecular formula is C10H15NO7. The van der Waals surface area contributed by atoms with Gasteiger partial charge in [-0.25, -0.2) is 0 Å². The van der Waals surface area contributed by atoms with Crippen molar-refractivity contribution < 1.29 is 34.5 Å². The maximum absolute atomic E-state index is 11.0. The first-order valence-corrected chi connectivity index (χ1v) is 5.14. The standard InChI is InChI=1S/C10H15NO7/c1-6(12)2-3-7(10(17)18)11(4-8(13)14)5-9(15)16/h7H,2-5H2,1H3,(H,13,14)(H,15,16)(H,17,18)/t7-/m1/s1. The van der Waals surface area contributed by atoms with Crippen LogP contribution < -0.4 is 0 Å². The number of hydrogen-bond donors (Lipinski definition) is 3. The summed E-state index contributed by atoms with van der Waals surface area (Å²) in [6, 6.07) is -1.30. The summed E-state index contributed by atoms with van der Waals surface area (Å²) < 4.78 is 0. The fourth-order valence-corrected chi connectivity index (χ4v) is 1.43. The molecule has 0 rings (SSSR count). The lowest BCUT2D eigenvalue weighted by molar-refractivity contribution is -0.149. The molecule has 0 heterocycles. The summed E-state index contributed by atoms with van der Waals surface area (Å²) in [6.07, 6.45) is -0.169. The van der Waals surface area contributed by atoms with Gasteiger partial charge in [-0.3, -0.25) is 19.3 Å². The maximum atomic E-state index is 11.0. The molecule has 0 aliphatic carbocycles. The lowest BCUT2D eigenvalue weighted by Gasteiger charge is -2.25. The molecule has 18 heavy (non-hydrogen) atoms. The van der Waals surface area contributed by atoms with Crippen molar-refractivity contribution in [2.24, 2.45) is 0 Å². The number of carbonyl (C=O) groups excluding carboxylic acids is 1. The normalized spacial score (nSPS) is 12.1. The SMILES string of the molecule is CC(=O)CC[C@H](C(=O)O)N(CC(=O)O)CC(=O)O. The zero-order valence-corrected chi connectivity index (χ0v) is 9.83. The molecule has 0 saturated heterocycles. The largest absolute Gasteiger partial charge is 0.480 e. The number of aliphatic carboxylic acids is 3. The van der Waals surface area contributed by atoms with E-state index in [-0.39, 0.29) is 18.6 Å². The van der Waals surface area contributed by atoms with E-state index in [2.05, 4.69) is 0 Å². The lowest BCUT2D eigenvalue weighted by Crippen LogP contribution is -2.46. The van der Waals surface area contributed by atoms with Gasteiger partial charge in [0.25, 0.3) is 0 Å². The number of hydrogen-bond acceptors (Lipinski definition) is 5. The number of carbonyl (C=O) groups is 4. The third kappa shape index (κ3) is 6.59. The molecule has 0 saturated carbocycles. The van der Waals surface area contributed by atoms with Crippen molar-refractivity contribution in [2.45, 2.75) is 25.8 Å². The van der Waals surface area contributed by atoms with Crippen molar-refractivity contribution in [3.63, 3.8) is 0 Å². The summed E-state index contributed by atoms with van der Waals surface area (Å²) in [5, 5.41) is 26.2. The van der Waals surface area contributed by atoms with E-state index in [0.29, 0.717) is 0 Å². The molecule has 102 valence electrons. The highest BCUT2D eigenvalue weighted by atomic mass is 16.4. The molecule has 0 aromatic rings. The molecule has 8 heteroatoms. The van der Waals surface area contributed by atoms with Gasteiger partial charge in [0.1, 0.15) is 11.8 Å². The van der Waals surface area contributed by atoms with Crippen molar-refractivity contribution in [3.8, 4) is 0 Å². The van der Waals surface area contributed by atoms with E-state index in [1.807, 2.05) is 0 Å². The molecule has 0 amide bonds. The first-order valence-electron chi connectivity index (χ1n) is 5.14. The first-order chi connectivity index (χ1) is 8.23. The van der Waals surface area contributed by atoms with E-state index >= 15 is 0 Å². The van der Waals surface area contributed by atoms with Gasteiger partial charge >= 0.3 is 17.9 Å². The highest BCUT2D eigenvalue weighted by molar-refractivity contribution is 5.80. The quantitative estimate of drug-likeness (QED) is 0.495. The Hall–Kier alpha value is -1.96. The van der Waals surface area contributed by atoms with Gasteiger partial charge in [-0.05, 0) is 13.3 Å². The molecule has 1 atom stereocenters. The van der Waals surface area contributed by atoms with Crippen molar-refractivity contribution in [1.29, 1.82) is 0 Å². The van der Waals surface area contributed by atoms with E-state index in [4.69, 9.17) is 15.3 Å². The van der Waals surface area contributed by atoms with Gasteiger partial charge in [-0.2, -0.15) is 0 Å². The summed E-state index contributed by atoms with van der Waals surface area (Å²) >= 11 is 0. The van der Waals surface area contributed by atoms with Gasteiger partial charge in [0.2, 0.25) is 0 Å². The minimum absolute atomic E-state index is 0.0489. The summed E-state index contributed by atoms with van der Waals surface area (Å²) in [5.74, 6) is -4.25. The van der Waals surface area contributed by atoms with Crippen LogP contribution >= 0.6 is 0 Å². The van der Waals surface area contributed by atoms with Crippen LogP contribution in [0.5, 0.6) is 0 Å². The summed E-state index contributed by atoms with van der Waals surface area (Å²) in [5.41, 5.74) is 0. The van der Waals surface area contributed by atoms with Crippen molar-refractivity contribution >= 4 is 23.7 Å². The number of nitrogens with zero attached hydrogens (tertiary/aromatic N) is 1. The van der Waals surface area contributed by atoms with E-state index in [0.717, 1.165) is 4.90 Å². The maximum Gasteiger partial charge on any atom is 0.320 e. The third-order valence-corrected chi connectivity index (χ3v) is 2.17. The molecule has 0 aliphatic heterocycles. The Balaban J connectivity index is 4.83. The van der Waals surface area contributed by atoms with Crippen molar-refractivity contribution in [1.82, 2.24) is 4.90 Å². The highest BCUT2D eigenvalue weighted by Crippen LogP contribution is 2.08. The molecule has 0 aromatic carbocycles. The average molecular weight is 261 g/mol. The smallest absolute Gasteiger partial charge is 0.320 e. The molecule has 3 N–H and O–H groups in total. The van der Waals surface area contributed by atoms with Gasteiger partial charge in [-0.1, -0.05) is 0 Å². The van der Waals surface area contributed by atoms with Gasteiger partial charge in [0.05, 0.1) is 13.1 Å². The topological polar surface area (TPSA) is 132 Å². The minimum Gasteiger partial charge on any atom is -0.480 e. The first kappa shape index (κ1) is 16.0. The van der Waals surface area contributed by atoms with Crippen LogP contribution in [0.1, 0.15) is 19.8 Å². The predicted octanol–water partition coefficient (Wildman–Crippen LogP) is -0.720. The molecule has 0 aliphatic rings. The third-order valence-electron chi connectivity index (χ3n) is 2.17. The Bertz CT molecular complexity index is 336. The fourth-order valence-electron chi connectivity index (χ4n) is 1.43. The Kier molecular flexibility index (Phi) is 6.58. The number of Topliss-reactive ketones (excluding diaryl/α,β-unsaturated/α-hetero) is 1. The van der Waals surface area contributed by atoms with Crippen LogP contribution in [0.2, 0.25) is 0 Å². The zero-order valence-electron chi connectivity index (χ0n) is 9.83. The Morgan fingerprint density at radius 2 is 1.44 bits per heavy atom. The van der Waals surface area contributed by atoms with Crippen LogP contribution in [-0.4, -0.2) is 63.0 Å². The Labute approximate surface area is 103 Å². The van der Waals surface area contributed by atoms with Crippen LogP contribution in [0.4, 0.5) is 0 Å². The van der Waals surface area contributed by atoms with E-state index in [1.54, 1.807) is 0 Å². The number of rotatable bonds is 9. The summed E-state index contributed by atoms with van der Waals surface area (Å²) in [6.45, 7) is -0.139. The molecule has 0 spiro atoms. The second-order valence-corrected chi connectivity index (χ2v) is 3.79. The van der Waals surface area contributed by atoms with E-state index < -0.39 is 37.0 Å². The van der Waals surface area contributed by atoms with Gasteiger partial charge in [-0.15, -0.1) is 0 Å². The second kappa shape index (κ2) is 7.38. The van der Waals surface area contributed by atoms with E-state index in [9.17, 15) is 19.2 Å². The molecule has 8 nitrogen and oxygen atoms in total. The second-order valence-electron chi connectivity index (χ2n) is 3.79. The summed E-state index contributed by atoms with van der Waals surface area (Å²) in [7, 11) is 0. The summed E-state index contributed by atoms with van der Waals surface area (Å²) in [4.78, 5) is 43.7.